The van der Waals surface area contributed by atoms with Gasteiger partial charge in [-0.2, -0.15) is 0 Å². The summed E-state index contributed by atoms with van der Waals surface area (Å²) in [7, 11) is 0. The van der Waals surface area contributed by atoms with Gasteiger partial charge in [-0.25, -0.2) is 0 Å². The number of carbonyl (C=O) groups excluding carboxylic acids is 2. The van der Waals surface area contributed by atoms with Gasteiger partial charge in [0.1, 0.15) is 0 Å². The Morgan fingerprint density at radius 1 is 1.04 bits per heavy atom. The van der Waals surface area contributed by atoms with Crippen molar-refractivity contribution in [1.29, 1.82) is 0 Å². The Morgan fingerprint density at radius 2 is 1.70 bits per heavy atom. The number of amides is 2. The molecule has 0 bridgehead atoms. The number of rotatable bonds is 4. The fraction of sp³-hybridized carbons (Fsp3) is 0.158. The first-order valence-electron chi connectivity index (χ1n) is 7.61. The Morgan fingerprint density at radius 3 is 2.39 bits per heavy atom. The minimum absolute atomic E-state index is 0.0357. The smallest absolute Gasteiger partial charge is 0.244 e. The van der Waals surface area contributed by atoms with Crippen molar-refractivity contribution in [2.24, 2.45) is 0 Å². The number of carbonyl (C=O) groups is 2. The van der Waals surface area contributed by atoms with E-state index in [0.717, 1.165) is 11.3 Å². The summed E-state index contributed by atoms with van der Waals surface area (Å²) >= 11 is 0. The third-order valence-corrected chi connectivity index (χ3v) is 3.77. The molecule has 116 valence electrons. The van der Waals surface area contributed by atoms with E-state index in [4.69, 9.17) is 0 Å². The van der Waals surface area contributed by atoms with Crippen LogP contribution >= 0.6 is 0 Å². The Balaban J connectivity index is 1.58. The van der Waals surface area contributed by atoms with Gasteiger partial charge in [0.15, 0.2) is 0 Å². The van der Waals surface area contributed by atoms with Gasteiger partial charge in [0.2, 0.25) is 11.8 Å². The highest BCUT2D eigenvalue weighted by Gasteiger charge is 2.30. The van der Waals surface area contributed by atoms with Crippen LogP contribution in [0.1, 0.15) is 12.0 Å². The van der Waals surface area contributed by atoms with E-state index in [-0.39, 0.29) is 17.9 Å². The molecule has 4 nitrogen and oxygen atoms in total. The fourth-order valence-corrected chi connectivity index (χ4v) is 2.65. The third kappa shape index (κ3) is 3.86. The normalized spacial score (nSPS) is 17.7. The zero-order valence-corrected chi connectivity index (χ0v) is 12.7. The first-order valence-corrected chi connectivity index (χ1v) is 7.61. The molecule has 1 atom stereocenters. The van der Waals surface area contributed by atoms with E-state index in [1.807, 2.05) is 60.7 Å². The van der Waals surface area contributed by atoms with Crippen LogP contribution in [0.4, 0.5) is 5.69 Å². The Hall–Kier alpha value is -2.88. The largest absolute Gasteiger partial charge is 0.347 e. The van der Waals surface area contributed by atoms with Crippen molar-refractivity contribution in [2.45, 2.75) is 12.5 Å². The molecule has 2 aromatic carbocycles. The number of nitrogens with one attached hydrogen (secondary N) is 1. The van der Waals surface area contributed by atoms with E-state index in [9.17, 15) is 9.59 Å². The molecule has 1 aliphatic rings. The first-order chi connectivity index (χ1) is 11.2. The molecule has 1 fully saturated rings. The molecule has 23 heavy (non-hydrogen) atoms. The topological polar surface area (TPSA) is 49.4 Å². The van der Waals surface area contributed by atoms with Gasteiger partial charge in [-0.1, -0.05) is 48.5 Å². The number of para-hydroxylation sites is 1. The van der Waals surface area contributed by atoms with Gasteiger partial charge in [-0.05, 0) is 23.8 Å². The van der Waals surface area contributed by atoms with Crippen molar-refractivity contribution in [1.82, 2.24) is 5.32 Å². The number of anilines is 1. The zero-order chi connectivity index (χ0) is 16.1. The summed E-state index contributed by atoms with van der Waals surface area (Å²) in [5, 5.41) is 2.89. The Kier molecular flexibility index (Phi) is 4.52. The predicted octanol–water partition coefficient (Wildman–Crippen LogP) is 2.62. The van der Waals surface area contributed by atoms with Crippen LogP contribution in [-0.2, 0) is 9.59 Å². The second kappa shape index (κ2) is 6.92. The summed E-state index contributed by atoms with van der Waals surface area (Å²) in [4.78, 5) is 25.8. The molecule has 0 radical (unpaired) electrons. The van der Waals surface area contributed by atoms with Gasteiger partial charge < -0.3 is 10.2 Å². The molecule has 0 aliphatic carbocycles. The van der Waals surface area contributed by atoms with E-state index >= 15 is 0 Å². The molecule has 3 rings (SSSR count). The lowest BCUT2D eigenvalue weighted by atomic mass is 10.2. The SMILES string of the molecule is O=C(/C=C\c1ccccc1)NC1CC(=O)N(c2ccccc2)C1. The fourth-order valence-electron chi connectivity index (χ4n) is 2.65. The minimum Gasteiger partial charge on any atom is -0.347 e. The van der Waals surface area contributed by atoms with Gasteiger partial charge >= 0.3 is 0 Å². The van der Waals surface area contributed by atoms with E-state index in [0.29, 0.717) is 13.0 Å². The molecule has 1 N–H and O–H groups in total. The monoisotopic (exact) mass is 306 g/mol. The van der Waals surface area contributed by atoms with Crippen molar-refractivity contribution in [3.8, 4) is 0 Å². The first kappa shape index (κ1) is 15.0. The third-order valence-electron chi connectivity index (χ3n) is 3.77. The lowest BCUT2D eigenvalue weighted by molar-refractivity contribution is -0.117. The number of benzene rings is 2. The van der Waals surface area contributed by atoms with E-state index in [1.54, 1.807) is 11.0 Å². The van der Waals surface area contributed by atoms with Crippen LogP contribution in [0.25, 0.3) is 6.08 Å². The summed E-state index contributed by atoms with van der Waals surface area (Å²) < 4.78 is 0. The van der Waals surface area contributed by atoms with Crippen LogP contribution in [0.3, 0.4) is 0 Å². The van der Waals surface area contributed by atoms with Gasteiger partial charge in [0.05, 0.1) is 6.04 Å². The quantitative estimate of drug-likeness (QED) is 0.883. The van der Waals surface area contributed by atoms with Crippen molar-refractivity contribution in [3.63, 3.8) is 0 Å². The lowest BCUT2D eigenvalue weighted by Gasteiger charge is -2.16. The van der Waals surface area contributed by atoms with Crippen LogP contribution in [0.5, 0.6) is 0 Å². The summed E-state index contributed by atoms with van der Waals surface area (Å²) in [6, 6.07) is 19.0. The van der Waals surface area contributed by atoms with Crippen LogP contribution in [0, 0.1) is 0 Å². The standard InChI is InChI=1S/C19H18N2O2/c22-18(12-11-15-7-3-1-4-8-15)20-16-13-19(23)21(14-16)17-9-5-2-6-10-17/h1-12,16H,13-14H2,(H,20,22)/b12-11-. The summed E-state index contributed by atoms with van der Waals surface area (Å²) in [6.45, 7) is 0.508. The molecule has 0 saturated carbocycles. The molecule has 0 spiro atoms. The number of hydrogen-bond acceptors (Lipinski definition) is 2. The highest BCUT2D eigenvalue weighted by molar-refractivity contribution is 5.98. The van der Waals surface area contributed by atoms with E-state index in [2.05, 4.69) is 5.32 Å². The van der Waals surface area contributed by atoms with Gasteiger partial charge in [-0.3, -0.25) is 9.59 Å². The molecular weight excluding hydrogens is 288 g/mol. The molecule has 1 aliphatic heterocycles. The predicted molar refractivity (Wildman–Crippen MR) is 90.8 cm³/mol. The molecule has 2 amide bonds. The maximum absolute atomic E-state index is 12.1. The molecular formula is C19H18N2O2. The molecule has 2 aromatic rings. The number of hydrogen-bond donors (Lipinski definition) is 1. The second-order valence-electron chi connectivity index (χ2n) is 5.49. The Labute approximate surface area is 135 Å². The molecule has 4 heteroatoms. The molecule has 0 aromatic heterocycles. The molecule has 1 heterocycles. The maximum atomic E-state index is 12.1. The zero-order valence-electron chi connectivity index (χ0n) is 12.7. The van der Waals surface area contributed by atoms with Crippen molar-refractivity contribution >= 4 is 23.6 Å². The summed E-state index contributed by atoms with van der Waals surface area (Å²) in [5.74, 6) is -0.143. The average molecular weight is 306 g/mol. The highest BCUT2D eigenvalue weighted by atomic mass is 16.2. The van der Waals surface area contributed by atoms with Crippen molar-refractivity contribution in [3.05, 3.63) is 72.3 Å². The molecule has 1 unspecified atom stereocenters. The number of nitrogens with zero attached hydrogens (tertiary/aromatic N) is 1. The van der Waals surface area contributed by atoms with Crippen LogP contribution in [0.15, 0.2) is 66.7 Å². The lowest BCUT2D eigenvalue weighted by Crippen LogP contribution is -2.36. The Bertz CT molecular complexity index is 711. The second-order valence-corrected chi connectivity index (χ2v) is 5.49. The minimum atomic E-state index is -0.179. The van der Waals surface area contributed by atoms with Crippen LogP contribution in [-0.4, -0.2) is 24.4 Å². The summed E-state index contributed by atoms with van der Waals surface area (Å²) in [6.07, 6.45) is 3.60. The van der Waals surface area contributed by atoms with Gasteiger partial charge in [-0.15, -0.1) is 0 Å². The van der Waals surface area contributed by atoms with Crippen molar-refractivity contribution in [2.75, 3.05) is 11.4 Å². The van der Waals surface area contributed by atoms with Crippen molar-refractivity contribution < 1.29 is 9.59 Å². The van der Waals surface area contributed by atoms with Gasteiger partial charge in [0.25, 0.3) is 0 Å². The maximum Gasteiger partial charge on any atom is 0.244 e. The van der Waals surface area contributed by atoms with Crippen LogP contribution in [0.2, 0.25) is 0 Å². The van der Waals surface area contributed by atoms with Gasteiger partial charge in [0, 0.05) is 24.7 Å². The van der Waals surface area contributed by atoms with E-state index < -0.39 is 0 Å². The molecule has 1 saturated heterocycles. The van der Waals surface area contributed by atoms with E-state index in [1.165, 1.54) is 6.08 Å². The highest BCUT2D eigenvalue weighted by Crippen LogP contribution is 2.20. The van der Waals surface area contributed by atoms with Crippen LogP contribution < -0.4 is 10.2 Å². The summed E-state index contributed by atoms with van der Waals surface area (Å²) in [5.41, 5.74) is 1.84. The average Bonchev–Trinajstić information content (AvgIpc) is 2.95.